The van der Waals surface area contributed by atoms with Crippen LogP contribution in [0.15, 0.2) is 29.1 Å². The Morgan fingerprint density at radius 3 is 2.70 bits per heavy atom. The quantitative estimate of drug-likeness (QED) is 0.496. The van der Waals surface area contributed by atoms with Crippen molar-refractivity contribution >= 4 is 39.5 Å². The molecule has 0 spiro atoms. The molecule has 3 heterocycles. The molecule has 1 amide bonds. The van der Waals surface area contributed by atoms with Crippen LogP contribution in [-0.2, 0) is 4.79 Å². The van der Waals surface area contributed by atoms with Crippen molar-refractivity contribution < 1.29 is 9.59 Å². The van der Waals surface area contributed by atoms with E-state index < -0.39 is 0 Å². The summed E-state index contributed by atoms with van der Waals surface area (Å²) in [5, 5.41) is 11.2. The number of benzene rings is 1. The van der Waals surface area contributed by atoms with Crippen LogP contribution in [-0.4, -0.2) is 59.0 Å². The van der Waals surface area contributed by atoms with Gasteiger partial charge in [0.1, 0.15) is 10.8 Å². The molecule has 4 N–H and O–H groups in total. The molecule has 0 saturated carbocycles. The van der Waals surface area contributed by atoms with Crippen LogP contribution in [0.4, 0.5) is 11.5 Å². The number of amides is 1. The first kappa shape index (κ1) is 20.1. The molecule has 3 aromatic rings. The van der Waals surface area contributed by atoms with Gasteiger partial charge >= 0.3 is 0 Å². The zero-order valence-corrected chi connectivity index (χ0v) is 17.2. The second kappa shape index (κ2) is 8.30. The van der Waals surface area contributed by atoms with Crippen molar-refractivity contribution in [2.24, 2.45) is 5.73 Å². The minimum absolute atomic E-state index is 0.143. The fourth-order valence-corrected chi connectivity index (χ4v) is 4.16. The monoisotopic (exact) mass is 427 g/mol. The van der Waals surface area contributed by atoms with E-state index in [1.807, 2.05) is 0 Å². The van der Waals surface area contributed by atoms with Gasteiger partial charge < -0.3 is 21.3 Å². The lowest BCUT2D eigenvalue weighted by atomic mass is 10.1. The predicted octanol–water partition coefficient (Wildman–Crippen LogP) is 0.327. The minimum Gasteiger partial charge on any atom is -0.354 e. The number of ketones is 1. The molecule has 1 aromatic carbocycles. The molecule has 11 heteroatoms. The van der Waals surface area contributed by atoms with Gasteiger partial charge in [-0.2, -0.15) is 14.6 Å². The number of piperazine rings is 1. The fraction of sp³-hybridized carbons (Fsp3) is 0.316. The number of aromatic nitrogens is 3. The van der Waals surface area contributed by atoms with Gasteiger partial charge in [0.05, 0.1) is 6.54 Å². The molecule has 156 valence electrons. The fourth-order valence-electron chi connectivity index (χ4n) is 3.28. The van der Waals surface area contributed by atoms with Crippen molar-refractivity contribution in [1.82, 2.24) is 19.9 Å². The van der Waals surface area contributed by atoms with Gasteiger partial charge in [-0.1, -0.05) is 11.3 Å². The van der Waals surface area contributed by atoms with Crippen molar-refractivity contribution in [3.05, 3.63) is 40.2 Å². The summed E-state index contributed by atoms with van der Waals surface area (Å²) in [7, 11) is 0. The topological polar surface area (TPSA) is 135 Å². The molecule has 10 nitrogen and oxygen atoms in total. The first-order valence-corrected chi connectivity index (χ1v) is 10.3. The maximum absolute atomic E-state index is 12.2. The minimum atomic E-state index is -0.362. The number of rotatable bonds is 5. The molecule has 0 aliphatic carbocycles. The molecular weight excluding hydrogens is 406 g/mol. The lowest BCUT2D eigenvalue weighted by Gasteiger charge is -2.28. The Labute approximate surface area is 175 Å². The van der Waals surface area contributed by atoms with E-state index in [-0.39, 0.29) is 23.8 Å². The second-order valence-corrected chi connectivity index (χ2v) is 7.85. The first-order valence-electron chi connectivity index (χ1n) is 9.47. The number of carbonyl (C=O) groups is 2. The Hall–Kier alpha value is -3.15. The highest BCUT2D eigenvalue weighted by Gasteiger charge is 2.19. The van der Waals surface area contributed by atoms with E-state index in [1.54, 1.807) is 22.7 Å². The highest BCUT2D eigenvalue weighted by molar-refractivity contribution is 7.19. The van der Waals surface area contributed by atoms with Crippen molar-refractivity contribution in [1.29, 1.82) is 0 Å². The number of carbonyl (C=O) groups excluding carboxylic acids is 2. The Balaban J connectivity index is 1.82. The van der Waals surface area contributed by atoms with Crippen LogP contribution >= 0.6 is 11.3 Å². The normalized spacial score (nSPS) is 14.1. The van der Waals surface area contributed by atoms with Crippen molar-refractivity contribution in [3.63, 3.8) is 0 Å². The van der Waals surface area contributed by atoms with E-state index in [9.17, 15) is 14.4 Å². The molecule has 0 radical (unpaired) electrons. The molecule has 1 aliphatic heterocycles. The summed E-state index contributed by atoms with van der Waals surface area (Å²) in [5.41, 5.74) is 6.59. The maximum Gasteiger partial charge on any atom is 0.276 e. The molecule has 1 fully saturated rings. The standard InChI is InChI=1S/C19H21N7O3S/c1-11(27)12-6-13(8-14(7-12)22-16(29)10-20)18-24-26-17(25-4-2-21-3-5-25)9-15(28)23-19(26)30-18/h6-9,21H,2-5,10,20H2,1H3,(H,22,29). The van der Waals surface area contributed by atoms with Crippen LogP contribution in [0.5, 0.6) is 0 Å². The van der Waals surface area contributed by atoms with Crippen molar-refractivity contribution in [2.75, 3.05) is 42.9 Å². The first-order chi connectivity index (χ1) is 14.4. The van der Waals surface area contributed by atoms with E-state index in [0.29, 0.717) is 32.6 Å². The van der Waals surface area contributed by atoms with Gasteiger partial charge in [0, 0.05) is 49.1 Å². The molecule has 1 saturated heterocycles. The Kier molecular flexibility index (Phi) is 5.57. The molecule has 0 atom stereocenters. The molecular formula is C19H21N7O3S. The smallest absolute Gasteiger partial charge is 0.276 e. The highest BCUT2D eigenvalue weighted by Crippen LogP contribution is 2.30. The summed E-state index contributed by atoms with van der Waals surface area (Å²) in [6.07, 6.45) is 0. The van der Waals surface area contributed by atoms with Gasteiger partial charge in [0.15, 0.2) is 5.78 Å². The highest BCUT2D eigenvalue weighted by atomic mass is 32.1. The summed E-state index contributed by atoms with van der Waals surface area (Å²) in [5.74, 6) is 0.183. The number of nitrogens with zero attached hydrogens (tertiary/aromatic N) is 4. The number of fused-ring (bicyclic) bond motifs is 1. The maximum atomic E-state index is 12.2. The number of hydrogen-bond donors (Lipinski definition) is 3. The number of Topliss-reactive ketones (excluding diaryl/α,β-unsaturated/α-hetero) is 1. The molecule has 30 heavy (non-hydrogen) atoms. The van der Waals surface area contributed by atoms with Crippen LogP contribution in [0.1, 0.15) is 17.3 Å². The molecule has 0 bridgehead atoms. The SMILES string of the molecule is CC(=O)c1cc(NC(=O)CN)cc(-c2nn3c(N4CCNCC4)cc(=O)nc3s2)c1. The van der Waals surface area contributed by atoms with Crippen molar-refractivity contribution in [2.45, 2.75) is 6.92 Å². The van der Waals surface area contributed by atoms with Crippen LogP contribution in [0, 0.1) is 0 Å². The van der Waals surface area contributed by atoms with E-state index in [4.69, 9.17) is 5.73 Å². The zero-order valence-electron chi connectivity index (χ0n) is 16.3. The Bertz CT molecular complexity index is 1180. The third-order valence-electron chi connectivity index (χ3n) is 4.73. The summed E-state index contributed by atoms with van der Waals surface area (Å²) in [4.78, 5) is 42.5. The number of nitrogens with one attached hydrogen (secondary N) is 2. The lowest BCUT2D eigenvalue weighted by molar-refractivity contribution is -0.114. The zero-order chi connectivity index (χ0) is 21.3. The van der Waals surface area contributed by atoms with Gasteiger partial charge in [-0.25, -0.2) is 0 Å². The van der Waals surface area contributed by atoms with E-state index in [2.05, 4.69) is 25.6 Å². The van der Waals surface area contributed by atoms with Gasteiger partial charge in [-0.15, -0.1) is 0 Å². The molecule has 0 unspecified atom stereocenters. The summed E-state index contributed by atoms with van der Waals surface area (Å²) in [6, 6.07) is 6.52. The number of anilines is 2. The average Bonchev–Trinajstić information content (AvgIpc) is 3.17. The third-order valence-corrected chi connectivity index (χ3v) is 5.69. The van der Waals surface area contributed by atoms with E-state index >= 15 is 0 Å². The average molecular weight is 427 g/mol. The number of hydrogen-bond acceptors (Lipinski definition) is 9. The van der Waals surface area contributed by atoms with Crippen LogP contribution in [0.25, 0.3) is 15.5 Å². The van der Waals surface area contributed by atoms with E-state index in [1.165, 1.54) is 24.3 Å². The molecule has 4 rings (SSSR count). The lowest BCUT2D eigenvalue weighted by Crippen LogP contribution is -2.44. The molecule has 1 aliphatic rings. The van der Waals surface area contributed by atoms with Gasteiger partial charge in [-0.05, 0) is 25.1 Å². The summed E-state index contributed by atoms with van der Waals surface area (Å²) >= 11 is 1.25. The number of nitrogens with two attached hydrogens (primary N) is 1. The van der Waals surface area contributed by atoms with Crippen molar-refractivity contribution in [3.8, 4) is 10.6 Å². The largest absolute Gasteiger partial charge is 0.354 e. The second-order valence-electron chi connectivity index (χ2n) is 6.90. The summed E-state index contributed by atoms with van der Waals surface area (Å²) < 4.78 is 1.66. The van der Waals surface area contributed by atoms with E-state index in [0.717, 1.165) is 26.2 Å². The summed E-state index contributed by atoms with van der Waals surface area (Å²) in [6.45, 7) is 4.44. The Morgan fingerprint density at radius 2 is 2.00 bits per heavy atom. The van der Waals surface area contributed by atoms with Gasteiger partial charge in [0.2, 0.25) is 10.9 Å². The van der Waals surface area contributed by atoms with Gasteiger partial charge in [0.25, 0.3) is 5.56 Å². The van der Waals surface area contributed by atoms with Gasteiger partial charge in [-0.3, -0.25) is 14.4 Å². The Morgan fingerprint density at radius 1 is 1.23 bits per heavy atom. The predicted molar refractivity (Wildman–Crippen MR) is 115 cm³/mol. The van der Waals surface area contributed by atoms with Crippen LogP contribution in [0.3, 0.4) is 0 Å². The molecule has 2 aromatic heterocycles. The third kappa shape index (κ3) is 4.08. The van der Waals surface area contributed by atoms with Crippen LogP contribution in [0.2, 0.25) is 0 Å². The van der Waals surface area contributed by atoms with Crippen LogP contribution < -0.4 is 26.8 Å².